The fourth-order valence-corrected chi connectivity index (χ4v) is 3.47. The van der Waals surface area contributed by atoms with Gasteiger partial charge in [0.2, 0.25) is 5.91 Å². The lowest BCUT2D eigenvalue weighted by Gasteiger charge is -2.10. The first kappa shape index (κ1) is 22.5. The third kappa shape index (κ3) is 8.47. The molecule has 0 aliphatic rings. The minimum absolute atomic E-state index is 0.193. The zero-order valence-electron chi connectivity index (χ0n) is 17.1. The number of carbonyl (C=O) groups is 1. The molecule has 0 atom stereocenters. The van der Waals surface area contributed by atoms with E-state index in [9.17, 15) is 4.79 Å². The Morgan fingerprint density at radius 3 is 2.54 bits per heavy atom. The van der Waals surface area contributed by atoms with Crippen molar-refractivity contribution in [1.82, 2.24) is 10.3 Å². The van der Waals surface area contributed by atoms with Crippen molar-refractivity contribution >= 4 is 34.1 Å². The standard InChI is InChI=1S/C23H34ClN3O/c1-2-3-4-5-6-7-8-11-23(28)27-16-10-9-15-25-21-14-17-26-22-18-19(24)12-13-20(21)22/h12-14,17-18H,2-11,15-16H2,1H3,(H,25,26)(H,27,28). The number of unbranched alkanes of at least 4 members (excludes halogenated alkanes) is 7. The van der Waals surface area contributed by atoms with Gasteiger partial charge in [-0.25, -0.2) is 0 Å². The number of carbonyl (C=O) groups excluding carboxylic acids is 1. The molecule has 2 rings (SSSR count). The second kappa shape index (κ2) is 13.4. The van der Waals surface area contributed by atoms with Gasteiger partial charge in [0.25, 0.3) is 0 Å². The maximum absolute atomic E-state index is 11.9. The van der Waals surface area contributed by atoms with E-state index in [0.29, 0.717) is 11.4 Å². The monoisotopic (exact) mass is 403 g/mol. The molecule has 0 radical (unpaired) electrons. The predicted octanol–water partition coefficient (Wildman–Crippen LogP) is 6.34. The van der Waals surface area contributed by atoms with Gasteiger partial charge in [0.05, 0.1) is 5.52 Å². The van der Waals surface area contributed by atoms with E-state index in [-0.39, 0.29) is 5.91 Å². The molecule has 1 heterocycles. The largest absolute Gasteiger partial charge is 0.384 e. The van der Waals surface area contributed by atoms with Crippen LogP contribution in [0.3, 0.4) is 0 Å². The molecule has 28 heavy (non-hydrogen) atoms. The summed E-state index contributed by atoms with van der Waals surface area (Å²) in [6.07, 6.45) is 13.1. The molecule has 0 unspecified atom stereocenters. The summed E-state index contributed by atoms with van der Waals surface area (Å²) >= 11 is 6.03. The number of fused-ring (bicyclic) bond motifs is 1. The van der Waals surface area contributed by atoms with Gasteiger partial charge in [-0.15, -0.1) is 0 Å². The number of hydrogen-bond acceptors (Lipinski definition) is 3. The van der Waals surface area contributed by atoms with Crippen molar-refractivity contribution in [2.24, 2.45) is 0 Å². The molecule has 0 saturated carbocycles. The third-order valence-electron chi connectivity index (χ3n) is 4.95. The average molecular weight is 404 g/mol. The molecule has 0 aliphatic heterocycles. The van der Waals surface area contributed by atoms with Crippen LogP contribution >= 0.6 is 11.6 Å². The molecule has 1 aromatic heterocycles. The van der Waals surface area contributed by atoms with Crippen LogP contribution in [0.1, 0.15) is 71.1 Å². The predicted molar refractivity (Wildman–Crippen MR) is 120 cm³/mol. The van der Waals surface area contributed by atoms with Gasteiger partial charge in [-0.05, 0) is 43.5 Å². The first-order valence-corrected chi connectivity index (χ1v) is 11.1. The maximum atomic E-state index is 11.9. The van der Waals surface area contributed by atoms with Gasteiger partial charge in [0.1, 0.15) is 0 Å². The summed E-state index contributed by atoms with van der Waals surface area (Å²) in [6.45, 7) is 3.86. The maximum Gasteiger partial charge on any atom is 0.219 e. The molecule has 0 saturated heterocycles. The molecule has 154 valence electrons. The van der Waals surface area contributed by atoms with Crippen molar-refractivity contribution in [3.05, 3.63) is 35.5 Å². The van der Waals surface area contributed by atoms with Crippen LogP contribution in [0.5, 0.6) is 0 Å². The molecule has 1 aromatic carbocycles. The van der Waals surface area contributed by atoms with Crippen LogP contribution in [0.2, 0.25) is 5.02 Å². The Labute approximate surface area is 174 Å². The van der Waals surface area contributed by atoms with Gasteiger partial charge in [0.15, 0.2) is 0 Å². The average Bonchev–Trinajstić information content (AvgIpc) is 2.69. The highest BCUT2D eigenvalue weighted by Gasteiger charge is 2.03. The minimum Gasteiger partial charge on any atom is -0.384 e. The van der Waals surface area contributed by atoms with Gasteiger partial charge in [0, 0.05) is 41.8 Å². The van der Waals surface area contributed by atoms with Crippen LogP contribution in [0, 0.1) is 0 Å². The van der Waals surface area contributed by atoms with Gasteiger partial charge in [-0.2, -0.15) is 0 Å². The summed E-state index contributed by atoms with van der Waals surface area (Å²) in [5, 5.41) is 8.28. The molecular formula is C23H34ClN3O. The van der Waals surface area contributed by atoms with E-state index in [1.165, 1.54) is 38.5 Å². The van der Waals surface area contributed by atoms with E-state index >= 15 is 0 Å². The highest BCUT2D eigenvalue weighted by Crippen LogP contribution is 2.24. The molecular weight excluding hydrogens is 370 g/mol. The summed E-state index contributed by atoms with van der Waals surface area (Å²) in [7, 11) is 0. The molecule has 0 bridgehead atoms. The minimum atomic E-state index is 0.193. The van der Waals surface area contributed by atoms with Crippen molar-refractivity contribution in [2.45, 2.75) is 71.1 Å². The number of amides is 1. The lowest BCUT2D eigenvalue weighted by molar-refractivity contribution is -0.121. The highest BCUT2D eigenvalue weighted by molar-refractivity contribution is 6.31. The number of benzene rings is 1. The smallest absolute Gasteiger partial charge is 0.219 e. The summed E-state index contributed by atoms with van der Waals surface area (Å²) in [4.78, 5) is 16.2. The third-order valence-corrected chi connectivity index (χ3v) is 5.19. The second-order valence-electron chi connectivity index (χ2n) is 7.38. The lowest BCUT2D eigenvalue weighted by atomic mass is 10.1. The zero-order chi connectivity index (χ0) is 20.0. The number of anilines is 1. The van der Waals surface area contributed by atoms with Crippen molar-refractivity contribution < 1.29 is 4.79 Å². The zero-order valence-corrected chi connectivity index (χ0v) is 17.9. The summed E-state index contributed by atoms with van der Waals surface area (Å²) < 4.78 is 0. The molecule has 0 aliphatic carbocycles. The molecule has 0 spiro atoms. The molecule has 4 nitrogen and oxygen atoms in total. The van der Waals surface area contributed by atoms with Crippen LogP contribution in [0.15, 0.2) is 30.5 Å². The second-order valence-corrected chi connectivity index (χ2v) is 7.81. The normalized spacial score (nSPS) is 10.9. The quantitative estimate of drug-likeness (QED) is 0.362. The molecule has 2 aromatic rings. The molecule has 5 heteroatoms. The first-order valence-electron chi connectivity index (χ1n) is 10.8. The van der Waals surface area contributed by atoms with Crippen LogP contribution < -0.4 is 10.6 Å². The van der Waals surface area contributed by atoms with Crippen LogP contribution in [0.4, 0.5) is 5.69 Å². The number of nitrogens with zero attached hydrogens (tertiary/aromatic N) is 1. The Morgan fingerprint density at radius 2 is 1.71 bits per heavy atom. The van der Waals surface area contributed by atoms with E-state index < -0.39 is 0 Å². The van der Waals surface area contributed by atoms with Gasteiger partial charge in [-0.3, -0.25) is 9.78 Å². The Morgan fingerprint density at radius 1 is 0.964 bits per heavy atom. The van der Waals surface area contributed by atoms with Crippen molar-refractivity contribution in [1.29, 1.82) is 0 Å². The summed E-state index contributed by atoms with van der Waals surface area (Å²) in [5.41, 5.74) is 1.97. The SMILES string of the molecule is CCCCCCCCCC(=O)NCCCCNc1ccnc2cc(Cl)ccc12. The molecule has 1 amide bonds. The Bertz CT molecular complexity index is 720. The Balaban J connectivity index is 1.52. The number of hydrogen-bond donors (Lipinski definition) is 2. The number of nitrogens with one attached hydrogen (secondary N) is 2. The number of pyridine rings is 1. The Kier molecular flexibility index (Phi) is 10.7. The topological polar surface area (TPSA) is 54.0 Å². The molecule has 0 fully saturated rings. The van der Waals surface area contributed by atoms with Crippen molar-refractivity contribution in [3.8, 4) is 0 Å². The van der Waals surface area contributed by atoms with E-state index in [4.69, 9.17) is 11.6 Å². The fourth-order valence-electron chi connectivity index (χ4n) is 3.31. The van der Waals surface area contributed by atoms with Gasteiger partial charge < -0.3 is 10.6 Å². The summed E-state index contributed by atoms with van der Waals surface area (Å²) in [6, 6.07) is 7.75. The van der Waals surface area contributed by atoms with Crippen LogP contribution in [0.25, 0.3) is 10.9 Å². The van der Waals surface area contributed by atoms with Crippen LogP contribution in [-0.4, -0.2) is 24.0 Å². The highest BCUT2D eigenvalue weighted by atomic mass is 35.5. The summed E-state index contributed by atoms with van der Waals surface area (Å²) in [5.74, 6) is 0.193. The molecule has 2 N–H and O–H groups in total. The van der Waals surface area contributed by atoms with Gasteiger partial charge >= 0.3 is 0 Å². The first-order chi connectivity index (χ1) is 13.7. The van der Waals surface area contributed by atoms with Gasteiger partial charge in [-0.1, -0.05) is 57.0 Å². The van der Waals surface area contributed by atoms with Crippen molar-refractivity contribution in [3.63, 3.8) is 0 Å². The van der Waals surface area contributed by atoms with E-state index in [1.807, 2.05) is 24.3 Å². The van der Waals surface area contributed by atoms with E-state index in [2.05, 4.69) is 22.5 Å². The van der Waals surface area contributed by atoms with Crippen LogP contribution in [-0.2, 0) is 4.79 Å². The number of halogens is 1. The lowest BCUT2D eigenvalue weighted by Crippen LogP contribution is -2.24. The van der Waals surface area contributed by atoms with Crippen molar-refractivity contribution in [2.75, 3.05) is 18.4 Å². The Hall–Kier alpha value is -1.81. The fraction of sp³-hybridized carbons (Fsp3) is 0.565. The number of aromatic nitrogens is 1. The van der Waals surface area contributed by atoms with E-state index in [0.717, 1.165) is 48.9 Å². The van der Waals surface area contributed by atoms with E-state index in [1.54, 1.807) is 6.20 Å². The number of rotatable bonds is 14.